The zero-order valence-electron chi connectivity index (χ0n) is 13.6. The summed E-state index contributed by atoms with van der Waals surface area (Å²) in [6, 6.07) is 12.4. The number of nitrogens with one attached hydrogen (secondary N) is 1. The average molecular weight is 342 g/mol. The van der Waals surface area contributed by atoms with Crippen molar-refractivity contribution in [2.24, 2.45) is 0 Å². The van der Waals surface area contributed by atoms with Gasteiger partial charge in [-0.25, -0.2) is 4.79 Å². The lowest BCUT2D eigenvalue weighted by atomic mass is 9.90. The minimum absolute atomic E-state index is 0.00958. The SMILES string of the molecule is CC(Nc1ccc(C#N)cc1)(C(=O)O)c1cc(O)ccc1OCCO. The molecule has 0 spiro atoms. The van der Waals surface area contributed by atoms with Crippen LogP contribution < -0.4 is 10.1 Å². The average Bonchev–Trinajstić information content (AvgIpc) is 2.61. The van der Waals surface area contributed by atoms with E-state index in [-0.39, 0.29) is 30.3 Å². The number of aromatic hydroxyl groups is 1. The fraction of sp³-hybridized carbons (Fsp3) is 0.222. The topological polar surface area (TPSA) is 123 Å². The van der Waals surface area contributed by atoms with E-state index < -0.39 is 11.5 Å². The van der Waals surface area contributed by atoms with Gasteiger partial charge >= 0.3 is 5.97 Å². The molecular formula is C18H18N2O5. The van der Waals surface area contributed by atoms with Crippen LogP contribution in [0.15, 0.2) is 42.5 Å². The molecule has 0 aliphatic carbocycles. The largest absolute Gasteiger partial charge is 0.508 e. The predicted octanol–water partition coefficient (Wildman–Crippen LogP) is 2.05. The number of aliphatic hydroxyl groups excluding tert-OH is 1. The van der Waals surface area contributed by atoms with E-state index in [1.54, 1.807) is 24.3 Å². The predicted molar refractivity (Wildman–Crippen MR) is 90.5 cm³/mol. The summed E-state index contributed by atoms with van der Waals surface area (Å²) in [7, 11) is 0. The number of carboxylic acids is 1. The first-order valence-electron chi connectivity index (χ1n) is 7.49. The Balaban J connectivity index is 2.46. The molecule has 0 saturated carbocycles. The van der Waals surface area contributed by atoms with Crippen LogP contribution in [0.25, 0.3) is 0 Å². The van der Waals surface area contributed by atoms with Gasteiger partial charge in [-0.2, -0.15) is 5.26 Å². The van der Waals surface area contributed by atoms with Crippen LogP contribution in [-0.4, -0.2) is 34.5 Å². The number of carbonyl (C=O) groups is 1. The van der Waals surface area contributed by atoms with E-state index in [1.807, 2.05) is 6.07 Å². The maximum Gasteiger partial charge on any atom is 0.333 e. The van der Waals surface area contributed by atoms with Crippen molar-refractivity contribution in [3.63, 3.8) is 0 Å². The van der Waals surface area contributed by atoms with Crippen LogP contribution in [0, 0.1) is 11.3 Å². The number of rotatable bonds is 7. The van der Waals surface area contributed by atoms with Crippen molar-refractivity contribution in [1.29, 1.82) is 5.26 Å². The van der Waals surface area contributed by atoms with Gasteiger partial charge in [0.2, 0.25) is 0 Å². The number of hydrogen-bond donors (Lipinski definition) is 4. The molecule has 0 aliphatic rings. The number of aliphatic hydroxyl groups is 1. The molecule has 4 N–H and O–H groups in total. The lowest BCUT2D eigenvalue weighted by Crippen LogP contribution is -2.40. The highest BCUT2D eigenvalue weighted by Gasteiger charge is 2.38. The molecule has 2 aromatic rings. The molecule has 0 aromatic heterocycles. The minimum Gasteiger partial charge on any atom is -0.508 e. The Bertz CT molecular complexity index is 798. The van der Waals surface area contributed by atoms with Gasteiger partial charge in [-0.15, -0.1) is 0 Å². The van der Waals surface area contributed by atoms with Gasteiger partial charge in [-0.1, -0.05) is 0 Å². The molecular weight excluding hydrogens is 324 g/mol. The number of aliphatic carboxylic acids is 1. The number of nitriles is 1. The van der Waals surface area contributed by atoms with E-state index in [0.717, 1.165) is 0 Å². The van der Waals surface area contributed by atoms with Gasteiger partial charge < -0.3 is 25.4 Å². The summed E-state index contributed by atoms with van der Waals surface area (Å²) in [5.41, 5.74) is -0.470. The lowest BCUT2D eigenvalue weighted by Gasteiger charge is -2.29. The van der Waals surface area contributed by atoms with E-state index in [0.29, 0.717) is 11.3 Å². The fourth-order valence-electron chi connectivity index (χ4n) is 2.34. The molecule has 7 nitrogen and oxygen atoms in total. The monoisotopic (exact) mass is 342 g/mol. The first-order chi connectivity index (χ1) is 11.9. The summed E-state index contributed by atoms with van der Waals surface area (Å²) in [4.78, 5) is 12.0. The van der Waals surface area contributed by atoms with E-state index >= 15 is 0 Å². The molecule has 2 aromatic carbocycles. The Kier molecular flexibility index (Phi) is 5.47. The van der Waals surface area contributed by atoms with Crippen LogP contribution in [0.4, 0.5) is 5.69 Å². The number of nitrogens with zero attached hydrogens (tertiary/aromatic N) is 1. The first kappa shape index (κ1) is 18.1. The van der Waals surface area contributed by atoms with Gasteiger partial charge in [0.25, 0.3) is 0 Å². The maximum atomic E-state index is 12.0. The van der Waals surface area contributed by atoms with Crippen LogP contribution in [0.2, 0.25) is 0 Å². The first-order valence-corrected chi connectivity index (χ1v) is 7.49. The number of carboxylic acid groups (broad SMARTS) is 1. The summed E-state index contributed by atoms with van der Waals surface area (Å²) in [6.45, 7) is 1.20. The third kappa shape index (κ3) is 4.00. The number of hydrogen-bond acceptors (Lipinski definition) is 6. The molecule has 0 aliphatic heterocycles. The van der Waals surface area contributed by atoms with Crippen molar-refractivity contribution >= 4 is 11.7 Å². The van der Waals surface area contributed by atoms with Crippen molar-refractivity contribution in [2.45, 2.75) is 12.5 Å². The molecule has 0 radical (unpaired) electrons. The van der Waals surface area contributed by atoms with Gasteiger partial charge in [0.1, 0.15) is 18.1 Å². The minimum atomic E-state index is -1.61. The van der Waals surface area contributed by atoms with E-state index in [4.69, 9.17) is 15.1 Å². The van der Waals surface area contributed by atoms with Crippen molar-refractivity contribution in [2.75, 3.05) is 18.5 Å². The molecule has 1 unspecified atom stereocenters. The molecule has 0 bridgehead atoms. The van der Waals surface area contributed by atoms with Gasteiger partial charge in [0, 0.05) is 11.3 Å². The second-order valence-electron chi connectivity index (χ2n) is 5.50. The summed E-state index contributed by atoms with van der Waals surface area (Å²) >= 11 is 0. The van der Waals surface area contributed by atoms with Crippen molar-refractivity contribution in [3.05, 3.63) is 53.6 Å². The third-order valence-corrected chi connectivity index (χ3v) is 3.69. The molecule has 0 saturated heterocycles. The van der Waals surface area contributed by atoms with E-state index in [2.05, 4.69) is 5.32 Å². The third-order valence-electron chi connectivity index (χ3n) is 3.69. The Morgan fingerprint density at radius 3 is 2.52 bits per heavy atom. The number of anilines is 1. The summed E-state index contributed by atoms with van der Waals surface area (Å²) < 4.78 is 5.40. The molecule has 25 heavy (non-hydrogen) atoms. The van der Waals surface area contributed by atoms with Gasteiger partial charge in [0.05, 0.1) is 18.2 Å². The van der Waals surface area contributed by atoms with Crippen LogP contribution in [0.1, 0.15) is 18.1 Å². The number of benzene rings is 2. The molecule has 0 heterocycles. The standard InChI is InChI=1S/C18H18N2O5/c1-18(17(23)24,20-13-4-2-12(11-19)3-5-13)15-10-14(22)6-7-16(15)25-9-8-21/h2-7,10,20-22H,8-9H2,1H3,(H,23,24). The maximum absolute atomic E-state index is 12.0. The summed E-state index contributed by atoms with van der Waals surface area (Å²) in [5, 5.41) is 40.3. The molecule has 0 amide bonds. The second-order valence-corrected chi connectivity index (χ2v) is 5.50. The number of phenolic OH excluding ortho intramolecular Hbond substituents is 1. The van der Waals surface area contributed by atoms with Crippen LogP contribution >= 0.6 is 0 Å². The Morgan fingerprint density at radius 2 is 1.96 bits per heavy atom. The highest BCUT2D eigenvalue weighted by molar-refractivity contribution is 5.85. The fourth-order valence-corrected chi connectivity index (χ4v) is 2.34. The van der Waals surface area contributed by atoms with Crippen LogP contribution in [0.5, 0.6) is 11.5 Å². The number of ether oxygens (including phenoxy) is 1. The molecule has 7 heteroatoms. The normalized spacial score (nSPS) is 12.7. The zero-order chi connectivity index (χ0) is 18.4. The molecule has 2 rings (SSSR count). The Labute approximate surface area is 144 Å². The quantitative estimate of drug-likeness (QED) is 0.607. The van der Waals surface area contributed by atoms with Crippen molar-refractivity contribution < 1.29 is 24.9 Å². The van der Waals surface area contributed by atoms with Crippen molar-refractivity contribution in [3.8, 4) is 17.6 Å². The lowest BCUT2D eigenvalue weighted by molar-refractivity contribution is -0.142. The molecule has 1 atom stereocenters. The van der Waals surface area contributed by atoms with Crippen LogP contribution in [0.3, 0.4) is 0 Å². The van der Waals surface area contributed by atoms with Gasteiger partial charge in [0.15, 0.2) is 5.54 Å². The van der Waals surface area contributed by atoms with Gasteiger partial charge in [-0.05, 0) is 49.4 Å². The zero-order valence-corrected chi connectivity index (χ0v) is 13.6. The van der Waals surface area contributed by atoms with Gasteiger partial charge in [-0.3, -0.25) is 0 Å². The smallest absolute Gasteiger partial charge is 0.333 e. The highest BCUT2D eigenvalue weighted by atomic mass is 16.5. The van der Waals surface area contributed by atoms with Crippen molar-refractivity contribution in [1.82, 2.24) is 0 Å². The summed E-state index contributed by atoms with van der Waals surface area (Å²) in [6.07, 6.45) is 0. The Hall–Kier alpha value is -3.24. The number of phenols is 1. The second kappa shape index (κ2) is 7.55. The van der Waals surface area contributed by atoms with Crippen LogP contribution in [-0.2, 0) is 10.3 Å². The summed E-state index contributed by atoms with van der Waals surface area (Å²) in [5.74, 6) is -1.06. The highest BCUT2D eigenvalue weighted by Crippen LogP contribution is 2.36. The molecule has 130 valence electrons. The Morgan fingerprint density at radius 1 is 1.28 bits per heavy atom. The van der Waals surface area contributed by atoms with E-state index in [1.165, 1.54) is 25.1 Å². The molecule has 0 fully saturated rings. The van der Waals surface area contributed by atoms with E-state index in [9.17, 15) is 15.0 Å².